The molecule has 0 saturated heterocycles. The molecule has 0 spiro atoms. The Kier molecular flexibility index (Phi) is 5.08. The SMILES string of the molecule is CCCn1ncnc1CSc1ccc(CCl)cc1. The molecular formula is C13H16ClN3S. The lowest BCUT2D eigenvalue weighted by atomic mass is 10.2. The van der Waals surface area contributed by atoms with Crippen molar-refractivity contribution in [1.29, 1.82) is 0 Å². The van der Waals surface area contributed by atoms with Gasteiger partial charge in [-0.15, -0.1) is 23.4 Å². The van der Waals surface area contributed by atoms with Crippen molar-refractivity contribution in [2.45, 2.75) is 36.4 Å². The van der Waals surface area contributed by atoms with Gasteiger partial charge in [0.1, 0.15) is 12.2 Å². The van der Waals surface area contributed by atoms with Gasteiger partial charge in [-0.2, -0.15) is 5.10 Å². The summed E-state index contributed by atoms with van der Waals surface area (Å²) in [7, 11) is 0. The van der Waals surface area contributed by atoms with Crippen LogP contribution in [-0.4, -0.2) is 14.8 Å². The van der Waals surface area contributed by atoms with E-state index in [0.29, 0.717) is 5.88 Å². The molecule has 0 bridgehead atoms. The van der Waals surface area contributed by atoms with E-state index in [2.05, 4.69) is 41.3 Å². The van der Waals surface area contributed by atoms with Gasteiger partial charge in [0.15, 0.2) is 0 Å². The summed E-state index contributed by atoms with van der Waals surface area (Å²) in [4.78, 5) is 5.52. The first-order valence-electron chi connectivity index (χ1n) is 5.98. The first-order valence-corrected chi connectivity index (χ1v) is 7.50. The van der Waals surface area contributed by atoms with Crippen molar-refractivity contribution in [3.63, 3.8) is 0 Å². The standard InChI is InChI=1S/C13H16ClN3S/c1-2-7-17-13(15-10-16-17)9-18-12-5-3-11(8-14)4-6-12/h3-6,10H,2,7-9H2,1H3. The van der Waals surface area contributed by atoms with Crippen LogP contribution in [0.15, 0.2) is 35.5 Å². The fraction of sp³-hybridized carbons (Fsp3) is 0.385. The largest absolute Gasteiger partial charge is 0.249 e. The summed E-state index contributed by atoms with van der Waals surface area (Å²) in [6, 6.07) is 8.32. The first-order chi connectivity index (χ1) is 8.83. The van der Waals surface area contributed by atoms with Crippen LogP contribution in [-0.2, 0) is 18.2 Å². The maximum Gasteiger partial charge on any atom is 0.138 e. The van der Waals surface area contributed by atoms with E-state index in [9.17, 15) is 0 Å². The highest BCUT2D eigenvalue weighted by atomic mass is 35.5. The second-order valence-electron chi connectivity index (χ2n) is 3.97. The Morgan fingerprint density at radius 1 is 1.28 bits per heavy atom. The molecule has 5 heteroatoms. The van der Waals surface area contributed by atoms with Crippen LogP contribution >= 0.6 is 23.4 Å². The number of thioether (sulfide) groups is 1. The van der Waals surface area contributed by atoms with Crippen LogP contribution in [0.3, 0.4) is 0 Å². The van der Waals surface area contributed by atoms with Crippen LogP contribution in [0.2, 0.25) is 0 Å². The van der Waals surface area contributed by atoms with Gasteiger partial charge >= 0.3 is 0 Å². The summed E-state index contributed by atoms with van der Waals surface area (Å²) in [5.41, 5.74) is 1.15. The molecule has 2 rings (SSSR count). The van der Waals surface area contributed by atoms with Crippen molar-refractivity contribution in [3.8, 4) is 0 Å². The van der Waals surface area contributed by atoms with Gasteiger partial charge < -0.3 is 0 Å². The normalized spacial score (nSPS) is 10.8. The molecule has 0 unspecified atom stereocenters. The number of benzene rings is 1. The van der Waals surface area contributed by atoms with Crippen molar-refractivity contribution in [3.05, 3.63) is 42.0 Å². The molecule has 96 valence electrons. The lowest BCUT2D eigenvalue weighted by molar-refractivity contribution is 0.581. The number of hydrogen-bond acceptors (Lipinski definition) is 3. The van der Waals surface area contributed by atoms with Crippen LogP contribution in [0, 0.1) is 0 Å². The zero-order valence-corrected chi connectivity index (χ0v) is 11.9. The van der Waals surface area contributed by atoms with Gasteiger partial charge in [-0.1, -0.05) is 19.1 Å². The van der Waals surface area contributed by atoms with Crippen molar-refractivity contribution < 1.29 is 0 Å². The van der Waals surface area contributed by atoms with Crippen LogP contribution in [0.1, 0.15) is 24.7 Å². The summed E-state index contributed by atoms with van der Waals surface area (Å²) in [6.07, 6.45) is 2.70. The lowest BCUT2D eigenvalue weighted by Gasteiger charge is -2.04. The number of halogens is 1. The third kappa shape index (κ3) is 3.50. The highest BCUT2D eigenvalue weighted by Gasteiger charge is 2.04. The van der Waals surface area contributed by atoms with Gasteiger partial charge in [0.05, 0.1) is 5.75 Å². The van der Waals surface area contributed by atoms with E-state index in [1.807, 2.05) is 4.68 Å². The molecule has 0 aliphatic heterocycles. The van der Waals surface area contributed by atoms with Gasteiger partial charge in [-0.05, 0) is 24.1 Å². The average molecular weight is 282 g/mol. The van der Waals surface area contributed by atoms with Crippen LogP contribution in [0.5, 0.6) is 0 Å². The van der Waals surface area contributed by atoms with E-state index in [1.165, 1.54) is 4.90 Å². The van der Waals surface area contributed by atoms with Crippen LogP contribution in [0.25, 0.3) is 0 Å². The van der Waals surface area contributed by atoms with Crippen LogP contribution < -0.4 is 0 Å². The van der Waals surface area contributed by atoms with E-state index in [0.717, 1.165) is 30.1 Å². The molecule has 0 aliphatic carbocycles. The monoisotopic (exact) mass is 281 g/mol. The molecule has 0 amide bonds. The van der Waals surface area contributed by atoms with E-state index < -0.39 is 0 Å². The predicted molar refractivity (Wildman–Crippen MR) is 75.9 cm³/mol. The predicted octanol–water partition coefficient (Wildman–Crippen LogP) is 3.72. The third-order valence-electron chi connectivity index (χ3n) is 2.58. The number of aromatic nitrogens is 3. The molecule has 0 saturated carbocycles. The van der Waals surface area contributed by atoms with Crippen molar-refractivity contribution in [1.82, 2.24) is 14.8 Å². The Balaban J connectivity index is 1.95. The minimum Gasteiger partial charge on any atom is -0.249 e. The highest BCUT2D eigenvalue weighted by molar-refractivity contribution is 7.98. The van der Waals surface area contributed by atoms with Gasteiger partial charge in [0, 0.05) is 17.3 Å². The Labute approximate surface area is 117 Å². The molecular weight excluding hydrogens is 266 g/mol. The Morgan fingerprint density at radius 2 is 2.06 bits per heavy atom. The van der Waals surface area contributed by atoms with Crippen molar-refractivity contribution in [2.24, 2.45) is 0 Å². The molecule has 1 heterocycles. The molecule has 0 N–H and O–H groups in total. The minimum absolute atomic E-state index is 0.565. The van der Waals surface area contributed by atoms with Crippen molar-refractivity contribution >= 4 is 23.4 Å². The summed E-state index contributed by atoms with van der Waals surface area (Å²) >= 11 is 7.54. The minimum atomic E-state index is 0.565. The number of aryl methyl sites for hydroxylation is 1. The van der Waals surface area contributed by atoms with Gasteiger partial charge in [-0.25, -0.2) is 9.67 Å². The maximum absolute atomic E-state index is 5.76. The fourth-order valence-electron chi connectivity index (χ4n) is 1.62. The van der Waals surface area contributed by atoms with Gasteiger partial charge in [0.25, 0.3) is 0 Å². The molecule has 2 aromatic rings. The second-order valence-corrected chi connectivity index (χ2v) is 5.28. The molecule has 18 heavy (non-hydrogen) atoms. The summed E-state index contributed by atoms with van der Waals surface area (Å²) in [5, 5.41) is 4.22. The fourth-order valence-corrected chi connectivity index (χ4v) is 2.65. The third-order valence-corrected chi connectivity index (χ3v) is 3.89. The molecule has 0 atom stereocenters. The Hall–Kier alpha value is -1.00. The Morgan fingerprint density at radius 3 is 2.72 bits per heavy atom. The van der Waals surface area contributed by atoms with Gasteiger partial charge in [-0.3, -0.25) is 0 Å². The number of nitrogens with zero attached hydrogens (tertiary/aromatic N) is 3. The molecule has 0 radical (unpaired) electrons. The van der Waals surface area contributed by atoms with E-state index in [1.54, 1.807) is 18.1 Å². The summed E-state index contributed by atoms with van der Waals surface area (Å²) in [5.74, 6) is 2.44. The topological polar surface area (TPSA) is 30.7 Å². The van der Waals surface area contributed by atoms with Crippen LogP contribution in [0.4, 0.5) is 0 Å². The summed E-state index contributed by atoms with van der Waals surface area (Å²) < 4.78 is 1.97. The molecule has 3 nitrogen and oxygen atoms in total. The highest BCUT2D eigenvalue weighted by Crippen LogP contribution is 2.22. The number of rotatable bonds is 6. The average Bonchev–Trinajstić information content (AvgIpc) is 2.85. The Bertz CT molecular complexity index is 481. The van der Waals surface area contributed by atoms with E-state index in [-0.39, 0.29) is 0 Å². The summed E-state index contributed by atoms with van der Waals surface area (Å²) in [6.45, 7) is 3.07. The molecule has 0 fully saturated rings. The molecule has 1 aromatic carbocycles. The smallest absolute Gasteiger partial charge is 0.138 e. The maximum atomic E-state index is 5.76. The second kappa shape index (κ2) is 6.81. The first kappa shape index (κ1) is 13.4. The number of alkyl halides is 1. The number of hydrogen-bond donors (Lipinski definition) is 0. The zero-order chi connectivity index (χ0) is 12.8. The van der Waals surface area contributed by atoms with E-state index in [4.69, 9.17) is 11.6 Å². The zero-order valence-electron chi connectivity index (χ0n) is 10.3. The molecule has 0 aliphatic rings. The van der Waals surface area contributed by atoms with Gasteiger partial charge in [0.2, 0.25) is 0 Å². The lowest BCUT2D eigenvalue weighted by Crippen LogP contribution is -2.03. The molecule has 1 aromatic heterocycles. The quantitative estimate of drug-likeness (QED) is 0.597. The van der Waals surface area contributed by atoms with Crippen molar-refractivity contribution in [2.75, 3.05) is 0 Å². The van der Waals surface area contributed by atoms with E-state index >= 15 is 0 Å².